The molecule has 0 aromatic heterocycles. The van der Waals surface area contributed by atoms with Gasteiger partial charge in [0, 0.05) is 5.56 Å². The van der Waals surface area contributed by atoms with Crippen molar-refractivity contribution in [2.45, 2.75) is 18.7 Å². The Morgan fingerprint density at radius 2 is 1.60 bits per heavy atom. The maximum Gasteiger partial charge on any atom is 0.336 e. The number of hydrogen-bond acceptors (Lipinski definition) is 4. The predicted octanol–water partition coefficient (Wildman–Crippen LogP) is 2.99. The monoisotopic (exact) mass is 366 g/mol. The zero-order valence-electron chi connectivity index (χ0n) is 13.4. The Kier molecular flexibility index (Phi) is 4.94. The SMILES string of the molecule is CCS(=O)(=O)c1ccc(F)c(-c2cc(C)c(C(=O)O)cc2C(=O)O)c1. The van der Waals surface area contributed by atoms with Gasteiger partial charge in [0.05, 0.1) is 21.8 Å². The molecule has 0 radical (unpaired) electrons. The Balaban J connectivity index is 2.82. The molecule has 2 rings (SSSR count). The Morgan fingerprint density at radius 3 is 2.12 bits per heavy atom. The second kappa shape index (κ2) is 6.64. The van der Waals surface area contributed by atoms with Crippen LogP contribution in [0.3, 0.4) is 0 Å². The highest BCUT2D eigenvalue weighted by Crippen LogP contribution is 2.31. The highest BCUT2D eigenvalue weighted by atomic mass is 32.2. The number of hydrogen-bond donors (Lipinski definition) is 2. The minimum atomic E-state index is -3.62. The topological polar surface area (TPSA) is 109 Å². The van der Waals surface area contributed by atoms with Crippen molar-refractivity contribution < 1.29 is 32.6 Å². The fourth-order valence-corrected chi connectivity index (χ4v) is 3.32. The maximum absolute atomic E-state index is 14.3. The molecule has 2 N–H and O–H groups in total. The van der Waals surface area contributed by atoms with Crippen LogP contribution in [-0.4, -0.2) is 36.3 Å². The molecule has 0 heterocycles. The molecule has 0 fully saturated rings. The number of sulfone groups is 1. The molecule has 0 unspecified atom stereocenters. The maximum atomic E-state index is 14.3. The fraction of sp³-hybridized carbons (Fsp3) is 0.176. The van der Waals surface area contributed by atoms with Crippen molar-refractivity contribution in [2.24, 2.45) is 0 Å². The third kappa shape index (κ3) is 3.53. The van der Waals surface area contributed by atoms with Crippen LogP contribution in [0.25, 0.3) is 11.1 Å². The van der Waals surface area contributed by atoms with Gasteiger partial charge in [0.1, 0.15) is 5.82 Å². The predicted molar refractivity (Wildman–Crippen MR) is 88.2 cm³/mol. The molecule has 0 saturated carbocycles. The van der Waals surface area contributed by atoms with E-state index in [-0.39, 0.29) is 32.9 Å². The van der Waals surface area contributed by atoms with E-state index in [9.17, 15) is 27.5 Å². The molecule has 0 aliphatic carbocycles. The van der Waals surface area contributed by atoms with Crippen molar-refractivity contribution in [3.63, 3.8) is 0 Å². The summed E-state index contributed by atoms with van der Waals surface area (Å²) in [6.45, 7) is 2.88. The average molecular weight is 366 g/mol. The Bertz CT molecular complexity index is 979. The minimum absolute atomic E-state index is 0.0827. The van der Waals surface area contributed by atoms with E-state index >= 15 is 0 Å². The van der Waals surface area contributed by atoms with Crippen LogP contribution in [0.15, 0.2) is 35.2 Å². The number of aromatic carboxylic acids is 2. The van der Waals surface area contributed by atoms with Gasteiger partial charge in [-0.05, 0) is 48.4 Å². The van der Waals surface area contributed by atoms with E-state index in [2.05, 4.69) is 0 Å². The number of carboxylic acid groups (broad SMARTS) is 2. The lowest BCUT2D eigenvalue weighted by molar-refractivity contribution is 0.0695. The molecule has 25 heavy (non-hydrogen) atoms. The largest absolute Gasteiger partial charge is 0.478 e. The van der Waals surface area contributed by atoms with Crippen molar-refractivity contribution >= 4 is 21.8 Å². The Hall–Kier alpha value is -2.74. The number of carbonyl (C=O) groups is 2. The van der Waals surface area contributed by atoms with Crippen LogP contribution >= 0.6 is 0 Å². The van der Waals surface area contributed by atoms with Crippen molar-refractivity contribution in [1.82, 2.24) is 0 Å². The van der Waals surface area contributed by atoms with E-state index in [1.165, 1.54) is 19.9 Å². The van der Waals surface area contributed by atoms with Gasteiger partial charge in [-0.1, -0.05) is 6.92 Å². The van der Waals surface area contributed by atoms with Gasteiger partial charge in [0.15, 0.2) is 9.84 Å². The van der Waals surface area contributed by atoms with E-state index < -0.39 is 33.2 Å². The summed E-state index contributed by atoms with van der Waals surface area (Å²) in [5.74, 6) is -3.75. The lowest BCUT2D eigenvalue weighted by atomic mass is 9.94. The molecule has 0 bridgehead atoms. The molecular weight excluding hydrogens is 351 g/mol. The molecule has 0 aliphatic heterocycles. The number of rotatable bonds is 5. The second-order valence-electron chi connectivity index (χ2n) is 5.37. The lowest BCUT2D eigenvalue weighted by Crippen LogP contribution is -2.08. The first kappa shape index (κ1) is 18.6. The first-order valence-electron chi connectivity index (χ1n) is 7.22. The third-order valence-corrected chi connectivity index (χ3v) is 5.52. The third-order valence-electron chi connectivity index (χ3n) is 3.79. The highest BCUT2D eigenvalue weighted by molar-refractivity contribution is 7.91. The molecule has 2 aromatic rings. The Morgan fingerprint density at radius 1 is 1.00 bits per heavy atom. The zero-order valence-corrected chi connectivity index (χ0v) is 14.2. The highest BCUT2D eigenvalue weighted by Gasteiger charge is 2.22. The summed E-state index contributed by atoms with van der Waals surface area (Å²) in [5.41, 5.74) is -0.713. The zero-order chi connectivity index (χ0) is 18.9. The van der Waals surface area contributed by atoms with Gasteiger partial charge in [-0.15, -0.1) is 0 Å². The van der Waals surface area contributed by atoms with Gasteiger partial charge in [-0.2, -0.15) is 0 Å². The van der Waals surface area contributed by atoms with E-state index in [1.807, 2.05) is 0 Å². The normalized spacial score (nSPS) is 11.3. The van der Waals surface area contributed by atoms with Gasteiger partial charge in [-0.25, -0.2) is 22.4 Å². The first-order chi connectivity index (χ1) is 11.6. The summed E-state index contributed by atoms with van der Waals surface area (Å²) < 4.78 is 38.3. The van der Waals surface area contributed by atoms with Crippen LogP contribution in [0.2, 0.25) is 0 Å². The van der Waals surface area contributed by atoms with Crippen LogP contribution in [0.4, 0.5) is 4.39 Å². The lowest BCUT2D eigenvalue weighted by Gasteiger charge is -2.12. The number of benzene rings is 2. The summed E-state index contributed by atoms with van der Waals surface area (Å²) in [7, 11) is -3.62. The van der Waals surface area contributed by atoms with Crippen LogP contribution in [0, 0.1) is 12.7 Å². The van der Waals surface area contributed by atoms with Crippen molar-refractivity contribution in [3.05, 3.63) is 52.8 Å². The average Bonchev–Trinajstić information content (AvgIpc) is 2.54. The van der Waals surface area contributed by atoms with Gasteiger partial charge in [0.2, 0.25) is 0 Å². The number of halogens is 1. The van der Waals surface area contributed by atoms with Crippen molar-refractivity contribution in [2.75, 3.05) is 5.75 Å². The number of aryl methyl sites for hydroxylation is 1. The van der Waals surface area contributed by atoms with Gasteiger partial charge in [0.25, 0.3) is 0 Å². The summed E-state index contributed by atoms with van der Waals surface area (Å²) >= 11 is 0. The van der Waals surface area contributed by atoms with E-state index in [1.54, 1.807) is 0 Å². The molecule has 0 aliphatic rings. The molecule has 0 atom stereocenters. The minimum Gasteiger partial charge on any atom is -0.478 e. The van der Waals surface area contributed by atoms with Gasteiger partial charge >= 0.3 is 11.9 Å². The van der Waals surface area contributed by atoms with E-state index in [4.69, 9.17) is 5.11 Å². The molecule has 0 spiro atoms. The Labute approximate surface area is 143 Å². The van der Waals surface area contributed by atoms with Gasteiger partial charge in [-0.3, -0.25) is 0 Å². The van der Waals surface area contributed by atoms with Gasteiger partial charge < -0.3 is 10.2 Å². The van der Waals surface area contributed by atoms with Crippen LogP contribution in [0.1, 0.15) is 33.2 Å². The first-order valence-corrected chi connectivity index (χ1v) is 8.87. The van der Waals surface area contributed by atoms with Crippen LogP contribution < -0.4 is 0 Å². The van der Waals surface area contributed by atoms with Crippen molar-refractivity contribution in [3.8, 4) is 11.1 Å². The van der Waals surface area contributed by atoms with E-state index in [0.29, 0.717) is 0 Å². The second-order valence-corrected chi connectivity index (χ2v) is 7.65. The van der Waals surface area contributed by atoms with Crippen LogP contribution in [-0.2, 0) is 9.84 Å². The summed E-state index contributed by atoms with van der Waals surface area (Å²) in [6.07, 6.45) is 0. The molecule has 0 saturated heterocycles. The molecule has 132 valence electrons. The summed E-state index contributed by atoms with van der Waals surface area (Å²) in [6, 6.07) is 5.29. The van der Waals surface area contributed by atoms with Crippen molar-refractivity contribution in [1.29, 1.82) is 0 Å². The molecule has 2 aromatic carbocycles. The quantitative estimate of drug-likeness (QED) is 0.788. The molecule has 6 nitrogen and oxygen atoms in total. The number of carboxylic acids is 2. The van der Waals surface area contributed by atoms with E-state index in [0.717, 1.165) is 24.3 Å². The molecular formula is C17H15FO6S. The summed E-state index contributed by atoms with van der Waals surface area (Å²) in [4.78, 5) is 22.5. The smallest absolute Gasteiger partial charge is 0.336 e. The standard InChI is InChI=1S/C17H15FO6S/c1-3-25(23,24)10-4-5-15(18)13(7-10)12-6-9(2)11(16(19)20)8-14(12)17(21)22/h4-8H,3H2,1-2H3,(H,19,20)(H,21,22). The molecule has 0 amide bonds. The summed E-state index contributed by atoms with van der Waals surface area (Å²) in [5, 5.41) is 18.5. The fourth-order valence-electron chi connectivity index (χ4n) is 2.41. The van der Waals surface area contributed by atoms with Crippen LogP contribution in [0.5, 0.6) is 0 Å². The molecule has 8 heteroatoms.